The number of imide groups is 2. The van der Waals surface area contributed by atoms with Crippen molar-refractivity contribution in [3.63, 3.8) is 0 Å². The number of urea groups is 1. The third-order valence-electron chi connectivity index (χ3n) is 13.5. The van der Waals surface area contributed by atoms with Crippen LogP contribution in [0.2, 0.25) is 0 Å². The molecule has 6 aliphatic rings. The van der Waals surface area contributed by atoms with Crippen LogP contribution in [-0.2, 0) is 9.59 Å². The Bertz CT molecular complexity index is 2240. The van der Waals surface area contributed by atoms with Crippen molar-refractivity contribution in [2.75, 3.05) is 81.1 Å². The lowest BCUT2D eigenvalue weighted by Gasteiger charge is -2.39. The Morgan fingerprint density at radius 2 is 1.59 bits per heavy atom. The van der Waals surface area contributed by atoms with Crippen LogP contribution in [0.3, 0.4) is 0 Å². The van der Waals surface area contributed by atoms with Gasteiger partial charge in [0.15, 0.2) is 11.5 Å². The highest BCUT2D eigenvalue weighted by Gasteiger charge is 2.45. The standard InChI is InChI=1S/C44H53N11O6/c1-50-20-21-54(44(50)61)32-5-3-17-53(26-32)36-23-46-38(39(45)57)40(48-36)47-30-8-6-28(7-9-30)29-14-18-51(19-15-29)24-27-4-2-16-52(25-27)31-10-11-33-34(22-31)43(60)55(42(33)59)35-12-13-37(56)49-41(35)58/h6-11,22-23,27,29,32,35H,2-5,12-21,24-26H2,1H3,(H2,45,57)(H,47,48)(H,49,56,58)/t27-,32?,35?/m0/s1. The first-order chi connectivity index (χ1) is 29.5. The molecule has 9 rings (SSSR count). The number of amides is 7. The van der Waals surface area contributed by atoms with E-state index in [2.05, 4.69) is 42.5 Å². The van der Waals surface area contributed by atoms with E-state index in [0.717, 1.165) is 107 Å². The van der Waals surface area contributed by atoms with Crippen molar-refractivity contribution in [1.29, 1.82) is 0 Å². The molecule has 2 unspecified atom stereocenters. The lowest BCUT2D eigenvalue weighted by molar-refractivity contribution is -0.136. The lowest BCUT2D eigenvalue weighted by Crippen LogP contribution is -2.54. The van der Waals surface area contributed by atoms with E-state index >= 15 is 0 Å². The summed E-state index contributed by atoms with van der Waals surface area (Å²) in [7, 11) is 1.83. The summed E-state index contributed by atoms with van der Waals surface area (Å²) in [5, 5.41) is 5.56. The summed E-state index contributed by atoms with van der Waals surface area (Å²) in [6.07, 6.45) is 7.91. The molecule has 1 aromatic heterocycles. The second-order valence-electron chi connectivity index (χ2n) is 17.4. The van der Waals surface area contributed by atoms with Gasteiger partial charge in [0.05, 0.1) is 23.4 Å². The molecule has 4 N–H and O–H groups in total. The molecule has 0 bridgehead atoms. The number of anilines is 4. The largest absolute Gasteiger partial charge is 0.371 e. The van der Waals surface area contributed by atoms with Gasteiger partial charge in [0, 0.05) is 70.7 Å². The Balaban J connectivity index is 0.781. The van der Waals surface area contributed by atoms with Crippen LogP contribution < -0.4 is 26.2 Å². The van der Waals surface area contributed by atoms with Crippen molar-refractivity contribution >= 4 is 58.6 Å². The third-order valence-corrected chi connectivity index (χ3v) is 13.5. The minimum Gasteiger partial charge on any atom is -0.371 e. The number of likely N-dealkylation sites (tertiary alicyclic amines) is 1. The molecule has 0 aliphatic carbocycles. The van der Waals surface area contributed by atoms with E-state index in [9.17, 15) is 28.8 Å². The van der Waals surface area contributed by atoms with E-state index in [0.29, 0.717) is 41.1 Å². The van der Waals surface area contributed by atoms with Crippen LogP contribution in [-0.4, -0.2) is 143 Å². The molecule has 7 heterocycles. The normalized spacial score (nSPS) is 24.1. The van der Waals surface area contributed by atoms with Gasteiger partial charge in [0.2, 0.25) is 11.8 Å². The van der Waals surface area contributed by atoms with Crippen molar-refractivity contribution in [2.45, 2.75) is 69.4 Å². The number of likely N-dealkylation sites (N-methyl/N-ethyl adjacent to an activating group) is 1. The Morgan fingerprint density at radius 1 is 0.836 bits per heavy atom. The average Bonchev–Trinajstić information content (AvgIpc) is 3.73. The Hall–Kier alpha value is -6.10. The molecule has 7 amide bonds. The van der Waals surface area contributed by atoms with Crippen molar-refractivity contribution in [3.8, 4) is 0 Å². The number of nitrogens with one attached hydrogen (secondary N) is 2. The maximum Gasteiger partial charge on any atom is 0.320 e. The van der Waals surface area contributed by atoms with E-state index in [4.69, 9.17) is 10.7 Å². The third kappa shape index (κ3) is 8.10. The van der Waals surface area contributed by atoms with Crippen LogP contribution in [0.25, 0.3) is 0 Å². The van der Waals surface area contributed by atoms with Gasteiger partial charge in [-0.1, -0.05) is 12.1 Å². The number of nitrogens with two attached hydrogens (primary N) is 1. The summed E-state index contributed by atoms with van der Waals surface area (Å²) < 4.78 is 0. The van der Waals surface area contributed by atoms with E-state index in [-0.39, 0.29) is 30.6 Å². The van der Waals surface area contributed by atoms with Crippen LogP contribution in [0.15, 0.2) is 48.7 Å². The average molecular weight is 832 g/mol. The number of fused-ring (bicyclic) bond motifs is 1. The molecular formula is C44H53N11O6. The Morgan fingerprint density at radius 3 is 2.33 bits per heavy atom. The molecule has 17 nitrogen and oxygen atoms in total. The van der Waals surface area contributed by atoms with Crippen LogP contribution in [0.4, 0.5) is 27.8 Å². The van der Waals surface area contributed by atoms with Gasteiger partial charge in [0.25, 0.3) is 17.7 Å². The zero-order chi connectivity index (χ0) is 42.4. The minimum absolute atomic E-state index is 0.0599. The topological polar surface area (TPSA) is 198 Å². The van der Waals surface area contributed by atoms with Crippen LogP contribution in [0.1, 0.15) is 94.1 Å². The molecule has 0 saturated carbocycles. The number of primary amides is 1. The molecule has 6 aliphatic heterocycles. The van der Waals surface area contributed by atoms with Gasteiger partial charge in [-0.2, -0.15) is 0 Å². The van der Waals surface area contributed by atoms with Gasteiger partial charge >= 0.3 is 6.03 Å². The number of piperidine rings is 4. The van der Waals surface area contributed by atoms with Gasteiger partial charge in [-0.25, -0.2) is 14.8 Å². The van der Waals surface area contributed by atoms with Crippen molar-refractivity contribution < 1.29 is 28.8 Å². The number of hydrogen-bond acceptors (Lipinski definition) is 12. The van der Waals surface area contributed by atoms with Crippen LogP contribution in [0.5, 0.6) is 0 Å². The maximum atomic E-state index is 13.4. The highest BCUT2D eigenvalue weighted by molar-refractivity contribution is 6.23. The summed E-state index contributed by atoms with van der Waals surface area (Å²) in [5.41, 5.74) is 9.36. The molecule has 61 heavy (non-hydrogen) atoms. The van der Waals surface area contributed by atoms with Gasteiger partial charge in [-0.3, -0.25) is 34.2 Å². The summed E-state index contributed by atoms with van der Waals surface area (Å²) >= 11 is 0. The van der Waals surface area contributed by atoms with E-state index in [1.807, 2.05) is 30.1 Å². The summed E-state index contributed by atoms with van der Waals surface area (Å²) in [5.74, 6) is -0.799. The smallest absolute Gasteiger partial charge is 0.320 e. The van der Waals surface area contributed by atoms with Gasteiger partial charge in [-0.15, -0.1) is 0 Å². The molecule has 5 saturated heterocycles. The number of aromatic nitrogens is 2. The Labute approximate surface area is 354 Å². The first-order valence-corrected chi connectivity index (χ1v) is 21.6. The fourth-order valence-corrected chi connectivity index (χ4v) is 10.1. The fourth-order valence-electron chi connectivity index (χ4n) is 10.1. The second-order valence-corrected chi connectivity index (χ2v) is 17.4. The number of carbonyl (C=O) groups is 6. The van der Waals surface area contributed by atoms with E-state index < -0.39 is 35.6 Å². The van der Waals surface area contributed by atoms with Crippen molar-refractivity contribution in [2.24, 2.45) is 11.7 Å². The molecule has 3 aromatic rings. The predicted octanol–water partition coefficient (Wildman–Crippen LogP) is 3.15. The van der Waals surface area contributed by atoms with Gasteiger partial charge < -0.3 is 35.6 Å². The number of hydrogen-bond donors (Lipinski definition) is 3. The number of benzene rings is 2. The molecule has 2 aromatic carbocycles. The maximum absolute atomic E-state index is 13.4. The highest BCUT2D eigenvalue weighted by atomic mass is 16.2. The van der Waals surface area contributed by atoms with E-state index in [1.54, 1.807) is 23.2 Å². The molecule has 0 spiro atoms. The summed E-state index contributed by atoms with van der Waals surface area (Å²) in [6.45, 7) is 7.58. The van der Waals surface area contributed by atoms with Crippen LogP contribution in [0, 0.1) is 5.92 Å². The fraction of sp³-hybridized carbons (Fsp3) is 0.500. The highest BCUT2D eigenvalue weighted by Crippen LogP contribution is 2.35. The SMILES string of the molecule is CN1CCN(C2CCCN(c3cnc(C(N)=O)c(Nc4ccc(C5CCN(C[C@@H]6CCCN(c7ccc8c(c7)C(=O)N(C7CCC(=O)NC7=O)C8=O)C6)CC5)cc4)n3)C2)C1=O. The predicted molar refractivity (Wildman–Crippen MR) is 227 cm³/mol. The quantitative estimate of drug-likeness (QED) is 0.253. The van der Waals surface area contributed by atoms with Gasteiger partial charge in [0.1, 0.15) is 11.9 Å². The zero-order valence-electron chi connectivity index (χ0n) is 34.6. The monoisotopic (exact) mass is 831 g/mol. The molecule has 0 radical (unpaired) electrons. The number of rotatable bonds is 10. The molecule has 5 fully saturated rings. The van der Waals surface area contributed by atoms with Crippen molar-refractivity contribution in [1.82, 2.24) is 34.9 Å². The van der Waals surface area contributed by atoms with Crippen LogP contribution >= 0.6 is 0 Å². The van der Waals surface area contributed by atoms with Gasteiger partial charge in [-0.05, 0) is 106 Å². The first-order valence-electron chi connectivity index (χ1n) is 21.6. The minimum atomic E-state index is -0.979. The van der Waals surface area contributed by atoms with Crippen molar-refractivity contribution in [3.05, 3.63) is 71.0 Å². The summed E-state index contributed by atoms with van der Waals surface area (Å²) in [4.78, 5) is 96.9. The zero-order valence-corrected chi connectivity index (χ0v) is 34.6. The number of nitrogens with zero attached hydrogens (tertiary/aromatic N) is 8. The lowest BCUT2D eigenvalue weighted by atomic mass is 9.88. The first kappa shape index (κ1) is 40.3. The Kier molecular flexibility index (Phi) is 11.1. The molecular weight excluding hydrogens is 779 g/mol. The van der Waals surface area contributed by atoms with E-state index in [1.165, 1.54) is 5.56 Å². The molecule has 17 heteroatoms. The second kappa shape index (κ2) is 16.7. The molecule has 320 valence electrons. The number of carbonyl (C=O) groups excluding carboxylic acids is 6. The summed E-state index contributed by atoms with van der Waals surface area (Å²) in [6, 6.07) is 12.9. The molecule has 3 atom stereocenters.